The molecule has 2 aliphatic rings. The van der Waals surface area contributed by atoms with Crippen LogP contribution in [0.3, 0.4) is 0 Å². The van der Waals surface area contributed by atoms with Crippen LogP contribution in [-0.4, -0.2) is 23.8 Å². The summed E-state index contributed by atoms with van der Waals surface area (Å²) in [6, 6.07) is 24.3. The Morgan fingerprint density at radius 1 is 0.871 bits per heavy atom. The summed E-state index contributed by atoms with van der Waals surface area (Å²) in [6.07, 6.45) is 5.46. The third-order valence-electron chi connectivity index (χ3n) is 6.36. The van der Waals surface area contributed by atoms with Crippen molar-refractivity contribution < 1.29 is 9.90 Å². The van der Waals surface area contributed by atoms with Gasteiger partial charge < -0.3 is 14.9 Å². The third-order valence-corrected chi connectivity index (χ3v) is 6.36. The van der Waals surface area contributed by atoms with Gasteiger partial charge in [-0.3, -0.25) is 0 Å². The van der Waals surface area contributed by atoms with E-state index in [1.54, 1.807) is 12.1 Å². The van der Waals surface area contributed by atoms with E-state index in [1.807, 2.05) is 24.3 Å². The third kappa shape index (κ3) is 4.07. The minimum atomic E-state index is -0.892. The number of aromatic carboxylic acids is 1. The van der Waals surface area contributed by atoms with Crippen LogP contribution in [0.15, 0.2) is 72.8 Å². The van der Waals surface area contributed by atoms with Crippen LogP contribution in [0.2, 0.25) is 0 Å². The van der Waals surface area contributed by atoms with E-state index in [0.717, 1.165) is 24.2 Å². The zero-order valence-corrected chi connectivity index (χ0v) is 19.1. The molecule has 4 nitrogen and oxygen atoms in total. The van der Waals surface area contributed by atoms with Gasteiger partial charge >= 0.3 is 5.97 Å². The van der Waals surface area contributed by atoms with Crippen LogP contribution in [0.4, 0.5) is 11.4 Å². The number of rotatable bonds is 4. The minimum Gasteiger partial charge on any atom is -0.478 e. The summed E-state index contributed by atoms with van der Waals surface area (Å²) in [4.78, 5) is 16.7. The van der Waals surface area contributed by atoms with Crippen LogP contribution < -0.4 is 9.80 Å². The van der Waals surface area contributed by atoms with Gasteiger partial charge in [-0.1, -0.05) is 61.0 Å². The van der Waals surface area contributed by atoms with E-state index in [4.69, 9.17) is 0 Å². The molecule has 1 atom stereocenters. The molecule has 5 rings (SSSR count). The van der Waals surface area contributed by atoms with E-state index in [-0.39, 0.29) is 17.0 Å². The molecule has 0 saturated carbocycles. The van der Waals surface area contributed by atoms with Gasteiger partial charge in [-0.15, -0.1) is 17.0 Å². The van der Waals surface area contributed by atoms with Gasteiger partial charge in [-0.05, 0) is 54.2 Å². The summed E-state index contributed by atoms with van der Waals surface area (Å²) in [5.74, 6) is -0.892. The normalized spacial score (nSPS) is 17.4. The number of hydrogen-bond donors (Lipinski definition) is 1. The van der Waals surface area contributed by atoms with Crippen LogP contribution in [-0.2, 0) is 6.54 Å². The van der Waals surface area contributed by atoms with Gasteiger partial charge in [0.2, 0.25) is 0 Å². The lowest BCUT2D eigenvalue weighted by Gasteiger charge is -2.31. The summed E-state index contributed by atoms with van der Waals surface area (Å²) in [7, 11) is 0. The Kier molecular flexibility index (Phi) is 6.33. The number of benzene rings is 3. The highest BCUT2D eigenvalue weighted by Gasteiger charge is 2.35. The van der Waals surface area contributed by atoms with E-state index in [1.165, 1.54) is 42.6 Å². The van der Waals surface area contributed by atoms with Gasteiger partial charge in [0.15, 0.2) is 0 Å². The molecular formula is C26H27BrN2O2. The molecule has 2 aliphatic heterocycles. The van der Waals surface area contributed by atoms with Gasteiger partial charge in [-0.25, -0.2) is 4.79 Å². The van der Waals surface area contributed by atoms with Crippen molar-refractivity contribution in [2.75, 3.05) is 16.3 Å². The molecule has 0 bridgehead atoms. The van der Waals surface area contributed by atoms with Crippen LogP contribution in [0.1, 0.15) is 41.6 Å². The zero-order chi connectivity index (χ0) is 20.5. The second kappa shape index (κ2) is 9.15. The number of para-hydroxylation sites is 2. The first-order chi connectivity index (χ1) is 14.7. The molecule has 0 radical (unpaired) electrons. The van der Waals surface area contributed by atoms with Crippen LogP contribution >= 0.6 is 17.0 Å². The van der Waals surface area contributed by atoms with E-state index in [0.29, 0.717) is 11.7 Å². The smallest absolute Gasteiger partial charge is 0.336 e. The molecule has 1 fully saturated rings. The Bertz CT molecular complexity index is 1070. The molecule has 1 N–H and O–H groups in total. The van der Waals surface area contributed by atoms with E-state index in [2.05, 4.69) is 46.2 Å². The van der Waals surface area contributed by atoms with Crippen molar-refractivity contribution in [1.82, 2.24) is 0 Å². The van der Waals surface area contributed by atoms with Crippen molar-refractivity contribution in [3.8, 4) is 11.1 Å². The van der Waals surface area contributed by atoms with Gasteiger partial charge in [0.25, 0.3) is 0 Å². The first-order valence-corrected chi connectivity index (χ1v) is 10.8. The average Bonchev–Trinajstić information content (AvgIpc) is 2.92. The summed E-state index contributed by atoms with van der Waals surface area (Å²) in [5.41, 5.74) is 5.97. The molecule has 5 heteroatoms. The zero-order valence-electron chi connectivity index (χ0n) is 17.4. The van der Waals surface area contributed by atoms with E-state index in [9.17, 15) is 9.90 Å². The van der Waals surface area contributed by atoms with Gasteiger partial charge in [0.1, 0.15) is 6.17 Å². The van der Waals surface area contributed by atoms with Crippen molar-refractivity contribution in [2.24, 2.45) is 0 Å². The first-order valence-electron chi connectivity index (χ1n) is 10.8. The average molecular weight is 479 g/mol. The number of anilines is 2. The number of fused-ring (bicyclic) bond motifs is 3. The van der Waals surface area contributed by atoms with Gasteiger partial charge in [-0.2, -0.15) is 0 Å². The molecule has 3 aromatic carbocycles. The fourth-order valence-electron chi connectivity index (χ4n) is 4.90. The van der Waals surface area contributed by atoms with Crippen molar-refractivity contribution in [2.45, 2.75) is 38.4 Å². The van der Waals surface area contributed by atoms with Crippen LogP contribution in [0.25, 0.3) is 11.1 Å². The molecule has 2 heterocycles. The molecule has 1 saturated heterocycles. The molecule has 0 amide bonds. The summed E-state index contributed by atoms with van der Waals surface area (Å²) >= 11 is 0. The maximum absolute atomic E-state index is 11.6. The molecule has 1 unspecified atom stereocenters. The standard InChI is InChI=1S/C26H26N2O2.BrH/c29-26(30)22-9-4-3-8-21(22)20-15-13-19(14-16-20)18-28-24-11-6-5-10-23(24)27-17-7-1-2-12-25(27)28;/h3-6,8-11,13-16,25H,1-2,7,12,17-18H2,(H,29,30);1H. The molecular weight excluding hydrogens is 452 g/mol. The fraction of sp³-hybridized carbons (Fsp3) is 0.269. The SMILES string of the molecule is Br.O=C(O)c1ccccc1-c1ccc(CN2c3ccccc3N3CCCCCC32)cc1. The Labute approximate surface area is 193 Å². The number of hydrogen-bond acceptors (Lipinski definition) is 3. The highest BCUT2D eigenvalue weighted by molar-refractivity contribution is 8.93. The Balaban J connectivity index is 0.00000231. The predicted molar refractivity (Wildman–Crippen MR) is 131 cm³/mol. The lowest BCUT2D eigenvalue weighted by molar-refractivity contribution is 0.0697. The number of nitrogens with zero attached hydrogens (tertiary/aromatic N) is 2. The molecule has 3 aromatic rings. The summed E-state index contributed by atoms with van der Waals surface area (Å²) in [6.45, 7) is 1.99. The number of carboxylic acids is 1. The number of carboxylic acid groups (broad SMARTS) is 1. The molecule has 31 heavy (non-hydrogen) atoms. The quantitative estimate of drug-likeness (QED) is 0.473. The van der Waals surface area contributed by atoms with Crippen molar-refractivity contribution >= 4 is 34.3 Å². The topological polar surface area (TPSA) is 43.8 Å². The van der Waals surface area contributed by atoms with Crippen LogP contribution in [0, 0.1) is 0 Å². The molecule has 0 spiro atoms. The second-order valence-corrected chi connectivity index (χ2v) is 8.19. The van der Waals surface area contributed by atoms with Crippen molar-refractivity contribution in [3.63, 3.8) is 0 Å². The lowest BCUT2D eigenvalue weighted by atomic mass is 9.98. The first kappa shape index (κ1) is 21.4. The minimum absolute atomic E-state index is 0. The van der Waals surface area contributed by atoms with Crippen LogP contribution in [0.5, 0.6) is 0 Å². The van der Waals surface area contributed by atoms with E-state index >= 15 is 0 Å². The fourth-order valence-corrected chi connectivity index (χ4v) is 4.90. The Morgan fingerprint density at radius 2 is 1.58 bits per heavy atom. The number of halogens is 1. The predicted octanol–water partition coefficient (Wildman–Crippen LogP) is 6.36. The van der Waals surface area contributed by atoms with Gasteiger partial charge in [0.05, 0.1) is 16.9 Å². The molecule has 0 aromatic heterocycles. The molecule has 160 valence electrons. The summed E-state index contributed by atoms with van der Waals surface area (Å²) < 4.78 is 0. The number of carbonyl (C=O) groups is 1. The Hall–Kier alpha value is -2.79. The molecule has 0 aliphatic carbocycles. The Morgan fingerprint density at radius 3 is 2.35 bits per heavy atom. The maximum atomic E-state index is 11.6. The largest absolute Gasteiger partial charge is 0.478 e. The van der Waals surface area contributed by atoms with Gasteiger partial charge in [0, 0.05) is 13.1 Å². The van der Waals surface area contributed by atoms with Crippen molar-refractivity contribution in [1.29, 1.82) is 0 Å². The lowest BCUT2D eigenvalue weighted by Crippen LogP contribution is -2.42. The monoisotopic (exact) mass is 478 g/mol. The highest BCUT2D eigenvalue weighted by Crippen LogP contribution is 2.43. The highest BCUT2D eigenvalue weighted by atomic mass is 79.9. The van der Waals surface area contributed by atoms with Crippen molar-refractivity contribution in [3.05, 3.63) is 83.9 Å². The maximum Gasteiger partial charge on any atom is 0.336 e. The van der Waals surface area contributed by atoms with E-state index < -0.39 is 5.97 Å². The summed E-state index contributed by atoms with van der Waals surface area (Å²) in [5, 5.41) is 9.49. The second-order valence-electron chi connectivity index (χ2n) is 8.19.